The lowest BCUT2D eigenvalue weighted by molar-refractivity contribution is 0.0376. The molecule has 0 aliphatic carbocycles. The molecule has 0 amide bonds. The van der Waals surface area contributed by atoms with Gasteiger partial charge in [0.2, 0.25) is 0 Å². The Balaban J connectivity index is 0.00000261. The summed E-state index contributed by atoms with van der Waals surface area (Å²) in [4.78, 5) is 11.6. The fourth-order valence-electron chi connectivity index (χ4n) is 3.13. The Hall–Kier alpha value is -1.45. The summed E-state index contributed by atoms with van der Waals surface area (Å²) in [6.07, 6.45) is 2.96. The summed E-state index contributed by atoms with van der Waals surface area (Å²) >= 11 is 0. The Bertz CT molecular complexity index is 713. The van der Waals surface area contributed by atoms with Crippen LogP contribution in [-0.2, 0) is 11.3 Å². The maximum atomic E-state index is 5.39. The molecule has 27 heavy (non-hydrogen) atoms. The number of benzene rings is 1. The molecular weight excluding hydrogens is 453 g/mol. The molecule has 1 aliphatic rings. The lowest BCUT2D eigenvalue weighted by Crippen LogP contribution is -2.40. The highest BCUT2D eigenvalue weighted by atomic mass is 127. The van der Waals surface area contributed by atoms with Crippen LogP contribution in [-0.4, -0.2) is 61.8 Å². The van der Waals surface area contributed by atoms with Crippen molar-refractivity contribution >= 4 is 40.8 Å². The van der Waals surface area contributed by atoms with Crippen LogP contribution in [0.2, 0.25) is 0 Å². The summed E-state index contributed by atoms with van der Waals surface area (Å²) in [5.74, 6) is 0.871. The van der Waals surface area contributed by atoms with Crippen LogP contribution >= 0.6 is 24.0 Å². The van der Waals surface area contributed by atoms with E-state index in [2.05, 4.69) is 33.5 Å². The van der Waals surface area contributed by atoms with Crippen LogP contribution in [0.15, 0.2) is 41.5 Å². The molecule has 1 saturated heterocycles. The predicted octanol–water partition coefficient (Wildman–Crippen LogP) is 2.63. The summed E-state index contributed by atoms with van der Waals surface area (Å²) < 4.78 is 5.39. The molecule has 2 heterocycles. The Morgan fingerprint density at radius 2 is 2.00 bits per heavy atom. The van der Waals surface area contributed by atoms with Gasteiger partial charge < -0.3 is 15.4 Å². The number of halogens is 1. The Kier molecular flexibility index (Phi) is 9.79. The van der Waals surface area contributed by atoms with Gasteiger partial charge in [0.25, 0.3) is 0 Å². The highest BCUT2D eigenvalue weighted by Gasteiger charge is 2.09. The van der Waals surface area contributed by atoms with E-state index in [1.54, 1.807) is 0 Å². The van der Waals surface area contributed by atoms with Gasteiger partial charge in [0.15, 0.2) is 5.96 Å². The molecular formula is C20H30IN5O. The van der Waals surface area contributed by atoms with Gasteiger partial charge in [-0.2, -0.15) is 0 Å². The molecule has 7 heteroatoms. The number of hydrogen-bond donors (Lipinski definition) is 2. The second-order valence-corrected chi connectivity index (χ2v) is 6.42. The number of fused-ring (bicyclic) bond motifs is 1. The first-order valence-corrected chi connectivity index (χ1v) is 9.51. The number of morpholine rings is 1. The highest BCUT2D eigenvalue weighted by molar-refractivity contribution is 14.0. The molecule has 2 aromatic rings. The van der Waals surface area contributed by atoms with Gasteiger partial charge in [-0.05, 0) is 37.6 Å². The first kappa shape index (κ1) is 21.8. The molecule has 1 aliphatic heterocycles. The second kappa shape index (κ2) is 12.1. The molecule has 0 unspecified atom stereocenters. The first-order chi connectivity index (χ1) is 12.9. The number of nitrogens with zero attached hydrogens (tertiary/aromatic N) is 3. The minimum Gasteiger partial charge on any atom is -0.379 e. The molecule has 3 rings (SSSR count). The summed E-state index contributed by atoms with van der Waals surface area (Å²) in [6.45, 7) is 9.41. The third-order valence-corrected chi connectivity index (χ3v) is 4.54. The molecule has 0 bridgehead atoms. The average molecular weight is 483 g/mol. The standard InChI is InChI=1S/C20H29N5O.HI/c1-2-21-20(23-9-5-11-25-12-14-26-15-13-25)24-16-17-8-10-22-19-7-4-3-6-18(17)19;/h3-4,6-8,10H,2,5,9,11-16H2,1H3,(H2,21,23,24);1H. The number of para-hydroxylation sites is 1. The van der Waals surface area contributed by atoms with Crippen molar-refractivity contribution < 1.29 is 4.74 Å². The number of nitrogens with one attached hydrogen (secondary N) is 2. The third-order valence-electron chi connectivity index (χ3n) is 4.54. The Morgan fingerprint density at radius 3 is 2.81 bits per heavy atom. The van der Waals surface area contributed by atoms with Gasteiger partial charge in [0, 0.05) is 37.8 Å². The van der Waals surface area contributed by atoms with Crippen LogP contribution in [0.3, 0.4) is 0 Å². The normalized spacial score (nSPS) is 15.4. The van der Waals surface area contributed by atoms with Gasteiger partial charge in [-0.15, -0.1) is 24.0 Å². The van der Waals surface area contributed by atoms with E-state index in [9.17, 15) is 0 Å². The molecule has 2 N–H and O–H groups in total. The fourth-order valence-corrected chi connectivity index (χ4v) is 3.13. The number of rotatable bonds is 7. The van der Waals surface area contributed by atoms with Crippen LogP contribution in [0.4, 0.5) is 0 Å². The van der Waals surface area contributed by atoms with E-state index in [0.717, 1.165) is 63.8 Å². The van der Waals surface area contributed by atoms with E-state index in [1.807, 2.05) is 30.5 Å². The number of hydrogen-bond acceptors (Lipinski definition) is 4. The van der Waals surface area contributed by atoms with Crippen LogP contribution < -0.4 is 10.6 Å². The molecule has 6 nitrogen and oxygen atoms in total. The van der Waals surface area contributed by atoms with E-state index < -0.39 is 0 Å². The van der Waals surface area contributed by atoms with Gasteiger partial charge in [0.1, 0.15) is 0 Å². The Morgan fingerprint density at radius 1 is 1.19 bits per heavy atom. The zero-order valence-corrected chi connectivity index (χ0v) is 18.3. The maximum absolute atomic E-state index is 5.39. The van der Waals surface area contributed by atoms with E-state index in [-0.39, 0.29) is 24.0 Å². The Labute approximate surface area is 178 Å². The molecule has 1 fully saturated rings. The topological polar surface area (TPSA) is 61.8 Å². The summed E-state index contributed by atoms with van der Waals surface area (Å²) in [5, 5.41) is 7.94. The quantitative estimate of drug-likeness (QED) is 0.275. The van der Waals surface area contributed by atoms with Crippen LogP contribution in [0.1, 0.15) is 18.9 Å². The molecule has 1 aromatic carbocycles. The van der Waals surface area contributed by atoms with Crippen molar-refractivity contribution in [3.8, 4) is 0 Å². The SMILES string of the molecule is CCNC(=NCc1ccnc2ccccc12)NCCCN1CCOCC1.I. The predicted molar refractivity (Wildman–Crippen MR) is 122 cm³/mol. The lowest BCUT2D eigenvalue weighted by Gasteiger charge is -2.26. The van der Waals surface area contributed by atoms with Crippen LogP contribution in [0.25, 0.3) is 10.9 Å². The van der Waals surface area contributed by atoms with E-state index in [4.69, 9.17) is 9.73 Å². The molecule has 0 atom stereocenters. The monoisotopic (exact) mass is 483 g/mol. The minimum atomic E-state index is 0. The van der Waals surface area contributed by atoms with Gasteiger partial charge in [-0.3, -0.25) is 9.88 Å². The minimum absolute atomic E-state index is 0. The van der Waals surface area contributed by atoms with Crippen molar-refractivity contribution in [2.75, 3.05) is 45.9 Å². The largest absolute Gasteiger partial charge is 0.379 e. The van der Waals surface area contributed by atoms with E-state index in [1.165, 1.54) is 10.9 Å². The average Bonchev–Trinajstić information content (AvgIpc) is 2.70. The third kappa shape index (κ3) is 6.90. The zero-order valence-electron chi connectivity index (χ0n) is 16.0. The molecule has 0 spiro atoms. The second-order valence-electron chi connectivity index (χ2n) is 6.42. The number of aliphatic imine (C=N–C) groups is 1. The van der Waals surface area contributed by atoms with Crippen molar-refractivity contribution in [2.24, 2.45) is 4.99 Å². The van der Waals surface area contributed by atoms with Crippen molar-refractivity contribution in [1.29, 1.82) is 0 Å². The first-order valence-electron chi connectivity index (χ1n) is 9.51. The van der Waals surface area contributed by atoms with Gasteiger partial charge >= 0.3 is 0 Å². The summed E-state index contributed by atoms with van der Waals surface area (Å²) in [6, 6.07) is 10.3. The van der Waals surface area contributed by atoms with Crippen LogP contribution in [0, 0.1) is 0 Å². The van der Waals surface area contributed by atoms with Gasteiger partial charge in [-0.1, -0.05) is 18.2 Å². The molecule has 0 saturated carbocycles. The van der Waals surface area contributed by atoms with Crippen LogP contribution in [0.5, 0.6) is 0 Å². The van der Waals surface area contributed by atoms with Gasteiger partial charge in [0.05, 0.1) is 25.3 Å². The fraction of sp³-hybridized carbons (Fsp3) is 0.500. The van der Waals surface area contributed by atoms with E-state index >= 15 is 0 Å². The van der Waals surface area contributed by atoms with Crippen molar-refractivity contribution in [3.63, 3.8) is 0 Å². The van der Waals surface area contributed by atoms with Crippen molar-refractivity contribution in [1.82, 2.24) is 20.5 Å². The smallest absolute Gasteiger partial charge is 0.191 e. The van der Waals surface area contributed by atoms with Crippen molar-refractivity contribution in [3.05, 3.63) is 42.1 Å². The zero-order chi connectivity index (χ0) is 18.0. The number of pyridine rings is 1. The molecule has 148 valence electrons. The number of ether oxygens (including phenoxy) is 1. The number of aromatic nitrogens is 1. The number of guanidine groups is 1. The van der Waals surface area contributed by atoms with Gasteiger partial charge in [-0.25, -0.2) is 4.99 Å². The van der Waals surface area contributed by atoms with E-state index in [0.29, 0.717) is 6.54 Å². The van der Waals surface area contributed by atoms with Crippen molar-refractivity contribution in [2.45, 2.75) is 19.9 Å². The summed E-state index contributed by atoms with van der Waals surface area (Å²) in [7, 11) is 0. The molecule has 0 radical (unpaired) electrons. The molecule has 1 aromatic heterocycles. The lowest BCUT2D eigenvalue weighted by atomic mass is 10.1. The maximum Gasteiger partial charge on any atom is 0.191 e. The summed E-state index contributed by atoms with van der Waals surface area (Å²) in [5.41, 5.74) is 2.21. The highest BCUT2D eigenvalue weighted by Crippen LogP contribution is 2.16.